The highest BCUT2D eigenvalue weighted by Crippen LogP contribution is 2.32. The van der Waals surface area contributed by atoms with Crippen molar-refractivity contribution < 1.29 is 4.79 Å². The van der Waals surface area contributed by atoms with Crippen LogP contribution < -0.4 is 10.2 Å². The molecule has 0 bridgehead atoms. The first-order chi connectivity index (χ1) is 12.3. The van der Waals surface area contributed by atoms with Crippen LogP contribution in [0.2, 0.25) is 0 Å². The molecule has 1 atom stereocenters. The molecule has 2 aliphatic rings. The molecule has 1 amide bonds. The fraction of sp³-hybridized carbons (Fsp3) is 0.471. The Morgan fingerprint density at radius 1 is 1.24 bits per heavy atom. The zero-order valence-electron chi connectivity index (χ0n) is 13.8. The van der Waals surface area contributed by atoms with Gasteiger partial charge in [0.1, 0.15) is 0 Å². The second kappa shape index (κ2) is 5.65. The molecular weight excluding hydrogens is 318 g/mol. The second-order valence-electron chi connectivity index (χ2n) is 6.94. The molecular formula is C17H19N7O. The molecule has 1 saturated carbocycles. The lowest BCUT2D eigenvalue weighted by molar-refractivity contribution is -0.125. The number of hydrogen-bond acceptors (Lipinski definition) is 6. The molecule has 5 rings (SSSR count). The predicted molar refractivity (Wildman–Crippen MR) is 93.1 cm³/mol. The lowest BCUT2D eigenvalue weighted by atomic mass is 9.96. The molecule has 4 heterocycles. The van der Waals surface area contributed by atoms with Crippen LogP contribution in [-0.2, 0) is 4.79 Å². The van der Waals surface area contributed by atoms with E-state index in [1.54, 1.807) is 6.20 Å². The number of piperidine rings is 1. The number of rotatable bonds is 3. The van der Waals surface area contributed by atoms with Crippen LogP contribution in [0.5, 0.6) is 0 Å². The van der Waals surface area contributed by atoms with Gasteiger partial charge < -0.3 is 15.2 Å². The van der Waals surface area contributed by atoms with E-state index in [0.29, 0.717) is 18.2 Å². The maximum Gasteiger partial charge on any atom is 0.225 e. The van der Waals surface area contributed by atoms with E-state index in [0.717, 1.165) is 54.3 Å². The second-order valence-corrected chi connectivity index (χ2v) is 6.94. The molecule has 8 heteroatoms. The van der Waals surface area contributed by atoms with Crippen LogP contribution in [0.25, 0.3) is 22.1 Å². The zero-order chi connectivity index (χ0) is 16.8. The van der Waals surface area contributed by atoms with Crippen molar-refractivity contribution in [3.8, 4) is 0 Å². The number of fused-ring (bicyclic) bond motifs is 3. The summed E-state index contributed by atoms with van der Waals surface area (Å²) in [7, 11) is 0. The van der Waals surface area contributed by atoms with Gasteiger partial charge in [0.15, 0.2) is 5.65 Å². The Labute approximate surface area is 144 Å². The molecule has 1 unspecified atom stereocenters. The summed E-state index contributed by atoms with van der Waals surface area (Å²) in [6.07, 6.45) is 7.78. The van der Waals surface area contributed by atoms with Gasteiger partial charge in [0.05, 0.1) is 23.2 Å². The van der Waals surface area contributed by atoms with Crippen molar-refractivity contribution in [2.75, 3.05) is 18.0 Å². The number of carbonyl (C=O) groups excluding carboxylic acids is 1. The van der Waals surface area contributed by atoms with Crippen LogP contribution in [-0.4, -0.2) is 50.4 Å². The quantitative estimate of drug-likeness (QED) is 0.749. The smallest absolute Gasteiger partial charge is 0.225 e. The maximum atomic E-state index is 12.5. The number of H-pyrrole nitrogens is 1. The number of aromatic nitrogens is 5. The lowest BCUT2D eigenvalue weighted by Crippen LogP contribution is -2.43. The summed E-state index contributed by atoms with van der Waals surface area (Å²) in [5.41, 5.74) is 2.25. The number of nitrogens with one attached hydrogen (secondary N) is 2. The average molecular weight is 337 g/mol. The average Bonchev–Trinajstić information content (AvgIpc) is 3.33. The van der Waals surface area contributed by atoms with Gasteiger partial charge in [0.2, 0.25) is 11.6 Å². The molecule has 3 aromatic rings. The normalized spacial score (nSPS) is 21.0. The van der Waals surface area contributed by atoms with Crippen LogP contribution >= 0.6 is 0 Å². The van der Waals surface area contributed by atoms with E-state index in [9.17, 15) is 4.79 Å². The molecule has 2 fully saturated rings. The number of aromatic amines is 1. The van der Waals surface area contributed by atoms with Gasteiger partial charge in [-0.15, -0.1) is 15.3 Å². The summed E-state index contributed by atoms with van der Waals surface area (Å²) in [5, 5.41) is 21.6. The van der Waals surface area contributed by atoms with E-state index in [4.69, 9.17) is 0 Å². The number of hydrogen-bond donors (Lipinski definition) is 2. The zero-order valence-corrected chi connectivity index (χ0v) is 13.8. The molecule has 128 valence electrons. The van der Waals surface area contributed by atoms with Gasteiger partial charge in [-0.25, -0.2) is 0 Å². The van der Waals surface area contributed by atoms with Crippen molar-refractivity contribution >= 4 is 33.7 Å². The van der Waals surface area contributed by atoms with Gasteiger partial charge in [-0.05, 0) is 31.7 Å². The van der Waals surface area contributed by atoms with Crippen molar-refractivity contribution in [2.45, 2.75) is 31.7 Å². The van der Waals surface area contributed by atoms with E-state index >= 15 is 0 Å². The highest BCUT2D eigenvalue weighted by molar-refractivity contribution is 6.08. The number of nitrogens with zero attached hydrogens (tertiary/aromatic N) is 5. The Morgan fingerprint density at radius 2 is 2.16 bits per heavy atom. The van der Waals surface area contributed by atoms with Crippen LogP contribution in [0.3, 0.4) is 0 Å². The summed E-state index contributed by atoms with van der Waals surface area (Å²) in [6.45, 7) is 1.61. The SMILES string of the molecule is O=C(NC1CC1)C1CCCN(c2cnnc3nnc4[nH]ccc4c23)C1. The van der Waals surface area contributed by atoms with Crippen LogP contribution in [0, 0.1) is 5.92 Å². The Balaban J connectivity index is 1.51. The van der Waals surface area contributed by atoms with Gasteiger partial charge in [-0.2, -0.15) is 5.10 Å². The summed E-state index contributed by atoms with van der Waals surface area (Å²) in [4.78, 5) is 17.8. The molecule has 8 nitrogen and oxygen atoms in total. The van der Waals surface area contributed by atoms with Crippen LogP contribution in [0.1, 0.15) is 25.7 Å². The first-order valence-electron chi connectivity index (χ1n) is 8.80. The van der Waals surface area contributed by atoms with E-state index in [2.05, 4.69) is 35.6 Å². The van der Waals surface area contributed by atoms with Crippen molar-refractivity contribution in [3.05, 3.63) is 18.5 Å². The topological polar surface area (TPSA) is 99.7 Å². The standard InChI is InChI=1S/C17H19N7O/c25-17(20-11-3-4-11)10-2-1-7-24(9-10)13-8-19-21-16-14(13)12-5-6-18-15(12)22-23-16/h5-6,8,10-11H,1-4,7,9H2,(H,18,22)(H,20,25). The molecule has 0 radical (unpaired) electrons. The van der Waals surface area contributed by atoms with Crippen LogP contribution in [0.15, 0.2) is 18.5 Å². The minimum absolute atomic E-state index is 0.0223. The molecule has 0 spiro atoms. The van der Waals surface area contributed by atoms with Crippen molar-refractivity contribution in [1.29, 1.82) is 0 Å². The summed E-state index contributed by atoms with van der Waals surface area (Å²) in [5.74, 6) is 0.208. The molecule has 0 aromatic carbocycles. The number of amides is 1. The van der Waals surface area contributed by atoms with Crippen molar-refractivity contribution in [2.24, 2.45) is 5.92 Å². The van der Waals surface area contributed by atoms with E-state index in [1.165, 1.54) is 0 Å². The van der Waals surface area contributed by atoms with Gasteiger partial charge in [0.25, 0.3) is 0 Å². The van der Waals surface area contributed by atoms with Crippen LogP contribution in [0.4, 0.5) is 5.69 Å². The molecule has 3 aromatic heterocycles. The Bertz CT molecular complexity index is 948. The number of anilines is 1. The van der Waals surface area contributed by atoms with E-state index < -0.39 is 0 Å². The third kappa shape index (κ3) is 2.57. The minimum atomic E-state index is 0.0223. The van der Waals surface area contributed by atoms with E-state index in [-0.39, 0.29) is 11.8 Å². The molecule has 1 aliphatic carbocycles. The van der Waals surface area contributed by atoms with Gasteiger partial charge in [-0.3, -0.25) is 4.79 Å². The fourth-order valence-electron chi connectivity index (χ4n) is 3.63. The Morgan fingerprint density at radius 3 is 3.04 bits per heavy atom. The van der Waals surface area contributed by atoms with Crippen molar-refractivity contribution in [1.82, 2.24) is 30.7 Å². The Hall–Kier alpha value is -2.77. The Kier molecular flexibility index (Phi) is 3.29. The van der Waals surface area contributed by atoms with Gasteiger partial charge >= 0.3 is 0 Å². The third-order valence-electron chi connectivity index (χ3n) is 5.11. The highest BCUT2D eigenvalue weighted by atomic mass is 16.2. The highest BCUT2D eigenvalue weighted by Gasteiger charge is 2.31. The third-order valence-corrected chi connectivity index (χ3v) is 5.11. The van der Waals surface area contributed by atoms with Gasteiger partial charge in [0, 0.05) is 30.7 Å². The summed E-state index contributed by atoms with van der Waals surface area (Å²) < 4.78 is 0. The maximum absolute atomic E-state index is 12.5. The first kappa shape index (κ1) is 14.6. The fourth-order valence-corrected chi connectivity index (χ4v) is 3.63. The number of carbonyl (C=O) groups is 1. The monoisotopic (exact) mass is 337 g/mol. The van der Waals surface area contributed by atoms with E-state index in [1.807, 2.05) is 12.3 Å². The first-order valence-corrected chi connectivity index (χ1v) is 8.80. The molecule has 2 N–H and O–H groups in total. The minimum Gasteiger partial charge on any atom is -0.369 e. The predicted octanol–water partition coefficient (Wildman–Crippen LogP) is 1.40. The van der Waals surface area contributed by atoms with Crippen molar-refractivity contribution in [3.63, 3.8) is 0 Å². The van der Waals surface area contributed by atoms with Gasteiger partial charge in [-0.1, -0.05) is 0 Å². The summed E-state index contributed by atoms with van der Waals surface area (Å²) in [6, 6.07) is 2.39. The largest absolute Gasteiger partial charge is 0.369 e. The summed E-state index contributed by atoms with van der Waals surface area (Å²) >= 11 is 0. The molecule has 25 heavy (non-hydrogen) atoms. The lowest BCUT2D eigenvalue weighted by Gasteiger charge is -2.34. The molecule has 1 aliphatic heterocycles. The molecule has 1 saturated heterocycles.